The van der Waals surface area contributed by atoms with E-state index in [-0.39, 0.29) is 11.3 Å². The van der Waals surface area contributed by atoms with Crippen LogP contribution in [0.25, 0.3) is 0 Å². The van der Waals surface area contributed by atoms with Crippen LogP contribution in [0.1, 0.15) is 13.3 Å². The van der Waals surface area contributed by atoms with Crippen molar-refractivity contribution in [3.8, 4) is 0 Å². The zero-order valence-corrected chi connectivity index (χ0v) is 12.3. The maximum absolute atomic E-state index is 5.45. The number of methoxy groups -OCH3 is 2. The lowest BCUT2D eigenvalue weighted by molar-refractivity contribution is -0.138. The summed E-state index contributed by atoms with van der Waals surface area (Å²) in [5.41, 5.74) is 0. The number of ether oxygens (including phenoxy) is 2. The molecular weight excluding hydrogens is 208 g/mol. The first kappa shape index (κ1) is 13.1. The van der Waals surface area contributed by atoms with E-state index < -0.39 is 0 Å². The molecule has 1 rings (SSSR count). The Bertz CT molecular complexity index is 184. The van der Waals surface area contributed by atoms with Gasteiger partial charge in [0.25, 0.3) is 0 Å². The van der Waals surface area contributed by atoms with Crippen LogP contribution in [0.15, 0.2) is 0 Å². The van der Waals surface area contributed by atoms with Crippen LogP contribution in [-0.2, 0) is 9.47 Å². The van der Waals surface area contributed by atoms with Gasteiger partial charge < -0.3 is 20.1 Å². The second-order valence-corrected chi connectivity index (χ2v) is 6.24. The van der Waals surface area contributed by atoms with Gasteiger partial charge >= 0.3 is 0 Å². The Morgan fingerprint density at radius 3 is 2.47 bits per heavy atom. The van der Waals surface area contributed by atoms with E-state index in [9.17, 15) is 0 Å². The molecule has 0 aromatic carbocycles. The maximum atomic E-state index is 5.45. The summed E-state index contributed by atoms with van der Waals surface area (Å²) < 4.78 is 10.9. The van der Waals surface area contributed by atoms with Crippen molar-refractivity contribution < 1.29 is 9.47 Å². The maximum Gasteiger partial charge on any atom is 0.160 e. The highest BCUT2D eigenvalue weighted by atomic mass is 28.1. The SMILES string of the molecule is CCC([SiH3])(C1CNCCN1)C(OC)OC. The normalized spacial score (nSPS) is 26.8. The van der Waals surface area contributed by atoms with Crippen molar-refractivity contribution in [3.05, 3.63) is 0 Å². The van der Waals surface area contributed by atoms with Crippen molar-refractivity contribution in [3.63, 3.8) is 0 Å². The summed E-state index contributed by atoms with van der Waals surface area (Å²) in [5, 5.41) is 7.15. The van der Waals surface area contributed by atoms with Crippen LogP contribution in [0.3, 0.4) is 0 Å². The topological polar surface area (TPSA) is 42.5 Å². The van der Waals surface area contributed by atoms with E-state index in [4.69, 9.17) is 9.47 Å². The van der Waals surface area contributed by atoms with Gasteiger partial charge in [0, 0.05) is 55.2 Å². The molecule has 1 aliphatic rings. The standard InChI is InChI=1S/C10H24N2O2Si/c1-4-10(15,9(13-2)14-3)8-7-11-5-6-12-8/h8-9,11-12H,4-7H2,1-3,15H3. The molecule has 2 N–H and O–H groups in total. The molecule has 1 aliphatic heterocycles. The first-order chi connectivity index (χ1) is 7.19. The molecule has 2 atom stereocenters. The number of hydrogen-bond acceptors (Lipinski definition) is 4. The van der Waals surface area contributed by atoms with Crippen molar-refractivity contribution in [1.82, 2.24) is 10.6 Å². The smallest absolute Gasteiger partial charge is 0.160 e. The van der Waals surface area contributed by atoms with Crippen LogP contribution in [0, 0.1) is 0 Å². The molecule has 1 fully saturated rings. The number of nitrogens with one attached hydrogen (secondary N) is 2. The van der Waals surface area contributed by atoms with Gasteiger partial charge in [0.05, 0.1) is 0 Å². The van der Waals surface area contributed by atoms with E-state index in [2.05, 4.69) is 17.6 Å². The minimum Gasteiger partial charge on any atom is -0.356 e. The fraction of sp³-hybridized carbons (Fsp3) is 1.00. The Morgan fingerprint density at radius 1 is 1.40 bits per heavy atom. The van der Waals surface area contributed by atoms with Gasteiger partial charge in [-0.2, -0.15) is 0 Å². The molecule has 0 saturated carbocycles. The number of rotatable bonds is 5. The second kappa shape index (κ2) is 5.96. The largest absolute Gasteiger partial charge is 0.356 e. The van der Waals surface area contributed by atoms with Gasteiger partial charge in [-0.3, -0.25) is 0 Å². The van der Waals surface area contributed by atoms with Gasteiger partial charge in [-0.15, -0.1) is 0 Å². The summed E-state index contributed by atoms with van der Waals surface area (Å²) in [7, 11) is 4.52. The van der Waals surface area contributed by atoms with Crippen LogP contribution in [0.4, 0.5) is 0 Å². The summed E-state index contributed by atoms with van der Waals surface area (Å²) in [6.07, 6.45) is 0.997. The Kier molecular flexibility index (Phi) is 5.21. The van der Waals surface area contributed by atoms with Crippen LogP contribution >= 0.6 is 0 Å². The highest BCUT2D eigenvalue weighted by Gasteiger charge is 2.41. The van der Waals surface area contributed by atoms with Gasteiger partial charge in [-0.1, -0.05) is 6.92 Å². The Labute approximate surface area is 95.5 Å². The molecule has 2 unspecified atom stereocenters. The quantitative estimate of drug-likeness (QED) is 0.476. The average Bonchev–Trinajstić information content (AvgIpc) is 2.31. The molecule has 0 spiro atoms. The summed E-state index contributed by atoms with van der Waals surface area (Å²) in [4.78, 5) is 0. The van der Waals surface area contributed by atoms with Crippen molar-refractivity contribution >= 4 is 10.2 Å². The molecule has 90 valence electrons. The molecule has 0 radical (unpaired) electrons. The first-order valence-corrected chi connectivity index (χ1v) is 6.68. The van der Waals surface area contributed by atoms with Crippen LogP contribution in [0.5, 0.6) is 0 Å². The zero-order valence-electron chi connectivity index (χ0n) is 10.3. The fourth-order valence-corrected chi connectivity index (χ4v) is 3.21. The van der Waals surface area contributed by atoms with E-state index in [0.717, 1.165) is 36.3 Å². The Morgan fingerprint density at radius 2 is 2.07 bits per heavy atom. The molecule has 0 aromatic heterocycles. The van der Waals surface area contributed by atoms with E-state index >= 15 is 0 Å². The third kappa shape index (κ3) is 2.79. The lowest BCUT2D eigenvalue weighted by Crippen LogP contribution is -2.57. The van der Waals surface area contributed by atoms with Crippen molar-refractivity contribution in [1.29, 1.82) is 0 Å². The predicted octanol–water partition coefficient (Wildman–Crippen LogP) is -0.899. The van der Waals surface area contributed by atoms with E-state index in [0.29, 0.717) is 6.04 Å². The minimum atomic E-state index is -0.0911. The summed E-state index contributed by atoms with van der Waals surface area (Å²) in [6, 6.07) is 0.466. The molecule has 0 amide bonds. The molecule has 15 heavy (non-hydrogen) atoms. The van der Waals surface area contributed by atoms with Crippen molar-refractivity contribution in [2.24, 2.45) is 0 Å². The Hall–Kier alpha value is 0.0569. The van der Waals surface area contributed by atoms with Crippen molar-refractivity contribution in [2.75, 3.05) is 33.9 Å². The fourth-order valence-electron chi connectivity index (χ4n) is 2.33. The average molecular weight is 232 g/mol. The van der Waals surface area contributed by atoms with Crippen LogP contribution < -0.4 is 10.6 Å². The monoisotopic (exact) mass is 232 g/mol. The molecule has 0 aromatic rings. The molecule has 1 heterocycles. The van der Waals surface area contributed by atoms with Gasteiger partial charge in [-0.25, -0.2) is 0 Å². The summed E-state index contributed by atoms with van der Waals surface area (Å²) in [5.74, 6) is 0. The third-order valence-electron chi connectivity index (χ3n) is 3.57. The van der Waals surface area contributed by atoms with Crippen molar-refractivity contribution in [2.45, 2.75) is 30.7 Å². The first-order valence-electron chi connectivity index (χ1n) is 5.68. The summed E-state index contributed by atoms with van der Waals surface area (Å²) in [6.45, 7) is 5.33. The molecule has 0 aliphatic carbocycles. The summed E-state index contributed by atoms with van der Waals surface area (Å²) >= 11 is 0. The van der Waals surface area contributed by atoms with Crippen LogP contribution in [0.2, 0.25) is 5.04 Å². The van der Waals surface area contributed by atoms with E-state index in [1.807, 2.05) is 0 Å². The second-order valence-electron chi connectivity index (χ2n) is 4.37. The number of piperazine rings is 1. The molecule has 0 bridgehead atoms. The molecule has 1 saturated heterocycles. The van der Waals surface area contributed by atoms with Crippen LogP contribution in [-0.4, -0.2) is 56.4 Å². The minimum absolute atomic E-state index is 0.0911. The lowest BCUT2D eigenvalue weighted by Gasteiger charge is -2.43. The van der Waals surface area contributed by atoms with Gasteiger partial charge in [-0.05, 0) is 6.42 Å². The van der Waals surface area contributed by atoms with Gasteiger partial charge in [0.2, 0.25) is 0 Å². The van der Waals surface area contributed by atoms with E-state index in [1.54, 1.807) is 14.2 Å². The third-order valence-corrected chi connectivity index (χ3v) is 5.44. The molecule has 5 heteroatoms. The highest BCUT2D eigenvalue weighted by molar-refractivity contribution is 6.16. The highest BCUT2D eigenvalue weighted by Crippen LogP contribution is 2.37. The van der Waals surface area contributed by atoms with Gasteiger partial charge in [0.15, 0.2) is 6.29 Å². The predicted molar refractivity (Wildman–Crippen MR) is 65.4 cm³/mol. The molecular formula is C10H24N2O2Si. The van der Waals surface area contributed by atoms with E-state index in [1.165, 1.54) is 0 Å². The lowest BCUT2D eigenvalue weighted by atomic mass is 9.93. The molecule has 4 nitrogen and oxygen atoms in total. The van der Waals surface area contributed by atoms with Gasteiger partial charge in [0.1, 0.15) is 0 Å². The number of hydrogen-bond donors (Lipinski definition) is 2. The zero-order chi connectivity index (χ0) is 11.3. The Balaban J connectivity index is 2.71.